The number of carbonyl (C=O) groups excluding carboxylic acids is 1. The first-order chi connectivity index (χ1) is 10.5. The van der Waals surface area contributed by atoms with Gasteiger partial charge in [0.05, 0.1) is 7.11 Å². The molecular formula is C18H21NO3. The minimum atomic E-state index is -0.129. The monoisotopic (exact) mass is 299 g/mol. The molecule has 0 bridgehead atoms. The van der Waals surface area contributed by atoms with E-state index in [2.05, 4.69) is 11.4 Å². The zero-order valence-corrected chi connectivity index (χ0v) is 13.4. The zero-order valence-electron chi connectivity index (χ0n) is 13.4. The third-order valence-corrected chi connectivity index (χ3v) is 3.36. The number of hydrogen-bond acceptors (Lipinski definition) is 3. The predicted molar refractivity (Wildman–Crippen MR) is 86.6 cm³/mol. The van der Waals surface area contributed by atoms with Crippen molar-refractivity contribution in [2.45, 2.75) is 20.5 Å². The number of ether oxygens (including phenoxy) is 2. The highest BCUT2D eigenvalue weighted by atomic mass is 16.5. The molecule has 4 heteroatoms. The number of nitrogens with one attached hydrogen (secondary N) is 1. The molecule has 4 nitrogen and oxygen atoms in total. The minimum absolute atomic E-state index is 0.129. The molecule has 0 heterocycles. The maximum atomic E-state index is 11.7. The van der Waals surface area contributed by atoms with Crippen LogP contribution in [0.3, 0.4) is 0 Å². The summed E-state index contributed by atoms with van der Waals surface area (Å²) in [4.78, 5) is 11.7. The highest BCUT2D eigenvalue weighted by molar-refractivity contribution is 5.94. The van der Waals surface area contributed by atoms with Crippen molar-refractivity contribution < 1.29 is 14.3 Å². The molecule has 0 saturated heterocycles. The van der Waals surface area contributed by atoms with E-state index >= 15 is 0 Å². The molecule has 116 valence electrons. The van der Waals surface area contributed by atoms with Gasteiger partial charge in [0.1, 0.15) is 18.1 Å². The fourth-order valence-electron chi connectivity index (χ4n) is 2.35. The summed E-state index contributed by atoms with van der Waals surface area (Å²) in [6, 6.07) is 11.4. The van der Waals surface area contributed by atoms with Crippen LogP contribution in [0.2, 0.25) is 0 Å². The van der Waals surface area contributed by atoms with Crippen molar-refractivity contribution in [2.24, 2.45) is 0 Å². The number of aryl methyl sites for hydroxylation is 2. The van der Waals surface area contributed by atoms with Crippen molar-refractivity contribution in [1.82, 2.24) is 5.32 Å². The second-order valence-electron chi connectivity index (χ2n) is 5.22. The van der Waals surface area contributed by atoms with Crippen LogP contribution >= 0.6 is 0 Å². The molecule has 2 aromatic carbocycles. The van der Waals surface area contributed by atoms with Gasteiger partial charge in [0.15, 0.2) is 0 Å². The lowest BCUT2D eigenvalue weighted by Crippen LogP contribution is -2.18. The zero-order chi connectivity index (χ0) is 16.1. The normalized spacial score (nSPS) is 10.2. The summed E-state index contributed by atoms with van der Waals surface area (Å²) < 4.78 is 11.2. The molecule has 0 atom stereocenters. The van der Waals surface area contributed by atoms with Gasteiger partial charge in [-0.25, -0.2) is 0 Å². The van der Waals surface area contributed by atoms with E-state index in [1.807, 2.05) is 26.0 Å². The van der Waals surface area contributed by atoms with Gasteiger partial charge in [-0.1, -0.05) is 6.07 Å². The van der Waals surface area contributed by atoms with E-state index in [1.165, 1.54) is 0 Å². The second kappa shape index (κ2) is 6.98. The van der Waals surface area contributed by atoms with Crippen molar-refractivity contribution in [3.05, 3.63) is 58.7 Å². The Bertz CT molecular complexity index is 660. The topological polar surface area (TPSA) is 47.6 Å². The summed E-state index contributed by atoms with van der Waals surface area (Å²) in [7, 11) is 3.22. The third kappa shape index (κ3) is 3.79. The summed E-state index contributed by atoms with van der Waals surface area (Å²) in [5, 5.41) is 2.61. The van der Waals surface area contributed by atoms with E-state index < -0.39 is 0 Å². The Morgan fingerprint density at radius 1 is 1.09 bits per heavy atom. The first-order valence-electron chi connectivity index (χ1n) is 7.13. The summed E-state index contributed by atoms with van der Waals surface area (Å²) in [6.45, 7) is 4.41. The van der Waals surface area contributed by atoms with E-state index in [-0.39, 0.29) is 5.91 Å². The molecule has 22 heavy (non-hydrogen) atoms. The van der Waals surface area contributed by atoms with Crippen LogP contribution < -0.4 is 14.8 Å². The first kappa shape index (κ1) is 15.9. The van der Waals surface area contributed by atoms with Gasteiger partial charge < -0.3 is 14.8 Å². The van der Waals surface area contributed by atoms with Crippen molar-refractivity contribution in [3.63, 3.8) is 0 Å². The Hall–Kier alpha value is -2.49. The van der Waals surface area contributed by atoms with Gasteiger partial charge >= 0.3 is 0 Å². The molecule has 0 aliphatic rings. The van der Waals surface area contributed by atoms with E-state index in [9.17, 15) is 4.79 Å². The summed E-state index contributed by atoms with van der Waals surface area (Å²) in [6.07, 6.45) is 0. The Balaban J connectivity index is 2.21. The fraction of sp³-hybridized carbons (Fsp3) is 0.278. The number of hydrogen-bond donors (Lipinski definition) is 1. The maximum absolute atomic E-state index is 11.7. The number of carbonyl (C=O) groups is 1. The molecule has 0 unspecified atom stereocenters. The van der Waals surface area contributed by atoms with Crippen molar-refractivity contribution in [3.8, 4) is 11.5 Å². The van der Waals surface area contributed by atoms with Gasteiger partial charge in [-0.05, 0) is 55.3 Å². The van der Waals surface area contributed by atoms with Gasteiger partial charge in [0.25, 0.3) is 5.91 Å². The van der Waals surface area contributed by atoms with Crippen molar-refractivity contribution >= 4 is 5.91 Å². The van der Waals surface area contributed by atoms with Crippen LogP contribution in [-0.4, -0.2) is 20.1 Å². The van der Waals surface area contributed by atoms with Crippen LogP contribution in [0.1, 0.15) is 27.0 Å². The molecule has 2 aromatic rings. The Morgan fingerprint density at radius 2 is 1.77 bits per heavy atom. The fourth-order valence-corrected chi connectivity index (χ4v) is 2.35. The van der Waals surface area contributed by atoms with Crippen LogP contribution in [0.15, 0.2) is 36.4 Å². The molecule has 1 amide bonds. The molecule has 0 radical (unpaired) electrons. The minimum Gasteiger partial charge on any atom is -0.496 e. The lowest BCUT2D eigenvalue weighted by Gasteiger charge is -2.12. The molecule has 0 fully saturated rings. The lowest BCUT2D eigenvalue weighted by molar-refractivity contribution is 0.0963. The average Bonchev–Trinajstić information content (AvgIpc) is 2.51. The maximum Gasteiger partial charge on any atom is 0.251 e. The molecule has 1 N–H and O–H groups in total. The highest BCUT2D eigenvalue weighted by Gasteiger charge is 2.10. The summed E-state index contributed by atoms with van der Waals surface area (Å²) in [5.74, 6) is 1.39. The van der Waals surface area contributed by atoms with Gasteiger partial charge in [0.2, 0.25) is 0 Å². The second-order valence-corrected chi connectivity index (χ2v) is 5.22. The van der Waals surface area contributed by atoms with E-state index in [4.69, 9.17) is 9.47 Å². The Labute approximate surface area is 131 Å². The standard InChI is InChI=1S/C18H21NO3/c1-12-7-13(2)9-16(8-12)22-11-15-10-14(18(20)19-3)5-6-17(15)21-4/h5-10H,11H2,1-4H3,(H,19,20). The Morgan fingerprint density at radius 3 is 2.36 bits per heavy atom. The molecule has 0 aliphatic carbocycles. The van der Waals surface area contributed by atoms with E-state index in [0.717, 1.165) is 22.4 Å². The highest BCUT2D eigenvalue weighted by Crippen LogP contribution is 2.23. The van der Waals surface area contributed by atoms with Crippen LogP contribution in [0, 0.1) is 13.8 Å². The molecule has 0 spiro atoms. The first-order valence-corrected chi connectivity index (χ1v) is 7.13. The van der Waals surface area contributed by atoms with E-state index in [0.29, 0.717) is 17.9 Å². The largest absolute Gasteiger partial charge is 0.496 e. The number of rotatable bonds is 5. The van der Waals surface area contributed by atoms with Crippen LogP contribution in [-0.2, 0) is 6.61 Å². The SMILES string of the molecule is CNC(=O)c1ccc(OC)c(COc2cc(C)cc(C)c2)c1. The number of amides is 1. The van der Waals surface area contributed by atoms with Crippen LogP contribution in [0.4, 0.5) is 0 Å². The van der Waals surface area contributed by atoms with Gasteiger partial charge in [-0.3, -0.25) is 4.79 Å². The number of methoxy groups -OCH3 is 1. The van der Waals surface area contributed by atoms with Crippen molar-refractivity contribution in [1.29, 1.82) is 0 Å². The van der Waals surface area contributed by atoms with Crippen molar-refractivity contribution in [2.75, 3.05) is 14.2 Å². The number of benzene rings is 2. The van der Waals surface area contributed by atoms with Gasteiger partial charge in [-0.15, -0.1) is 0 Å². The summed E-state index contributed by atoms with van der Waals surface area (Å²) in [5.41, 5.74) is 3.73. The average molecular weight is 299 g/mol. The molecule has 0 aromatic heterocycles. The van der Waals surface area contributed by atoms with E-state index in [1.54, 1.807) is 32.4 Å². The molecule has 0 aliphatic heterocycles. The van der Waals surface area contributed by atoms with Crippen LogP contribution in [0.25, 0.3) is 0 Å². The quantitative estimate of drug-likeness (QED) is 0.922. The summed E-state index contributed by atoms with van der Waals surface area (Å²) >= 11 is 0. The molecule has 0 saturated carbocycles. The Kier molecular flexibility index (Phi) is 5.04. The van der Waals surface area contributed by atoms with Gasteiger partial charge in [0, 0.05) is 18.2 Å². The molecule has 2 rings (SSSR count). The smallest absolute Gasteiger partial charge is 0.251 e. The van der Waals surface area contributed by atoms with Crippen LogP contribution in [0.5, 0.6) is 11.5 Å². The predicted octanol–water partition coefficient (Wildman–Crippen LogP) is 3.25. The van der Waals surface area contributed by atoms with Gasteiger partial charge in [-0.2, -0.15) is 0 Å². The molecular weight excluding hydrogens is 278 g/mol. The third-order valence-electron chi connectivity index (χ3n) is 3.36. The lowest BCUT2D eigenvalue weighted by atomic mass is 10.1.